The fraction of sp³-hybridized carbons (Fsp3) is 0.350. The van der Waals surface area contributed by atoms with Crippen LogP contribution >= 0.6 is 12.2 Å². The first-order valence-corrected chi connectivity index (χ1v) is 9.30. The molecule has 0 unspecified atom stereocenters. The van der Waals surface area contributed by atoms with Crippen LogP contribution in [0.25, 0.3) is 11.1 Å². The van der Waals surface area contributed by atoms with E-state index in [0.29, 0.717) is 12.0 Å². The van der Waals surface area contributed by atoms with Gasteiger partial charge in [-0.2, -0.15) is 0 Å². The lowest BCUT2D eigenvalue weighted by Crippen LogP contribution is -2.29. The van der Waals surface area contributed by atoms with E-state index in [1.807, 2.05) is 0 Å². The second-order valence-corrected chi connectivity index (χ2v) is 6.80. The lowest BCUT2D eigenvalue weighted by molar-refractivity contribution is -0.120. The Kier molecular flexibility index (Phi) is 6.44. The van der Waals surface area contributed by atoms with Gasteiger partial charge < -0.3 is 10.1 Å². The average molecular weight is 403 g/mol. The molecule has 1 aromatic heterocycles. The van der Waals surface area contributed by atoms with Gasteiger partial charge in [0, 0.05) is 23.1 Å². The minimum absolute atomic E-state index is 0.00205. The van der Waals surface area contributed by atoms with E-state index in [4.69, 9.17) is 4.74 Å². The molecule has 0 radical (unpaired) electrons. The molecule has 0 spiro atoms. The van der Waals surface area contributed by atoms with Gasteiger partial charge in [-0.05, 0) is 49.7 Å². The van der Waals surface area contributed by atoms with E-state index in [9.17, 15) is 13.6 Å². The summed E-state index contributed by atoms with van der Waals surface area (Å²) in [5, 5.41) is 5.12. The van der Waals surface area contributed by atoms with E-state index in [1.165, 1.54) is 31.4 Å². The largest absolute Gasteiger partial charge is 0.496 e. The summed E-state index contributed by atoms with van der Waals surface area (Å²) in [6, 6.07) is 5.23. The second kappa shape index (κ2) is 8.99. The number of carbonyl (C=O) groups excluding carboxylic acids is 1. The molecule has 1 saturated carbocycles. The lowest BCUT2D eigenvalue weighted by Gasteiger charge is -2.25. The normalized spacial score (nSPS) is 18.8. The Morgan fingerprint density at radius 3 is 2.89 bits per heavy atom. The Morgan fingerprint density at radius 2 is 2.14 bits per heavy atom. The molecule has 2 aromatic rings. The third-order valence-corrected chi connectivity index (χ3v) is 4.92. The van der Waals surface area contributed by atoms with Crippen molar-refractivity contribution in [2.45, 2.75) is 31.7 Å². The van der Waals surface area contributed by atoms with Gasteiger partial charge >= 0.3 is 0 Å². The highest BCUT2D eigenvalue weighted by atomic mass is 32.1. The minimum atomic E-state index is -0.601. The molecule has 8 heteroatoms. The second-order valence-electron chi connectivity index (χ2n) is 6.62. The summed E-state index contributed by atoms with van der Waals surface area (Å²) in [7, 11) is 1.38. The topological polar surface area (TPSA) is 63.6 Å². The van der Waals surface area contributed by atoms with Gasteiger partial charge in [-0.3, -0.25) is 4.79 Å². The van der Waals surface area contributed by atoms with Crippen molar-refractivity contribution in [1.82, 2.24) is 4.98 Å². The number of methoxy groups -OCH3 is 1. The molecule has 1 aromatic carbocycles. The van der Waals surface area contributed by atoms with Crippen molar-refractivity contribution >= 4 is 29.1 Å². The van der Waals surface area contributed by atoms with E-state index < -0.39 is 11.6 Å². The zero-order valence-corrected chi connectivity index (χ0v) is 16.1. The molecule has 1 aliphatic rings. The van der Waals surface area contributed by atoms with E-state index in [-0.39, 0.29) is 35.0 Å². The van der Waals surface area contributed by atoms with Gasteiger partial charge in [0.05, 0.1) is 24.5 Å². The highest BCUT2D eigenvalue weighted by molar-refractivity contribution is 7.78. The summed E-state index contributed by atoms with van der Waals surface area (Å²) in [4.78, 5) is 20.7. The van der Waals surface area contributed by atoms with Crippen molar-refractivity contribution in [2.75, 3.05) is 12.4 Å². The number of aromatic nitrogens is 1. The van der Waals surface area contributed by atoms with E-state index in [2.05, 4.69) is 32.7 Å². The van der Waals surface area contributed by atoms with Gasteiger partial charge in [-0.25, -0.2) is 18.8 Å². The number of carbonyl (C=O) groups is 1. The third-order valence-electron chi connectivity index (χ3n) is 4.81. The molecule has 5 nitrogen and oxygen atoms in total. The fourth-order valence-electron chi connectivity index (χ4n) is 3.42. The smallest absolute Gasteiger partial charge is 0.228 e. The van der Waals surface area contributed by atoms with Crippen LogP contribution in [0.4, 0.5) is 14.6 Å². The number of ether oxygens (including phenoxy) is 1. The van der Waals surface area contributed by atoms with Crippen LogP contribution < -0.4 is 10.1 Å². The molecular formula is C20H19F2N3O2S. The number of nitrogens with one attached hydrogen (secondary N) is 1. The summed E-state index contributed by atoms with van der Waals surface area (Å²) in [6.07, 6.45) is 4.12. The molecule has 1 heterocycles. The van der Waals surface area contributed by atoms with Crippen LogP contribution in [-0.2, 0) is 4.79 Å². The molecule has 1 amide bonds. The molecule has 0 bridgehead atoms. The number of rotatable bonds is 5. The van der Waals surface area contributed by atoms with Gasteiger partial charge in [-0.15, -0.1) is 0 Å². The summed E-state index contributed by atoms with van der Waals surface area (Å²) in [6.45, 7) is 0. The Hall–Kier alpha value is -2.70. The molecule has 1 aliphatic carbocycles. The first-order chi connectivity index (χ1) is 13.5. The van der Waals surface area contributed by atoms with Crippen molar-refractivity contribution in [3.63, 3.8) is 0 Å². The maximum Gasteiger partial charge on any atom is 0.228 e. The molecule has 0 saturated heterocycles. The molecule has 1 N–H and O–H groups in total. The first kappa shape index (κ1) is 20.0. The summed E-state index contributed by atoms with van der Waals surface area (Å²) < 4.78 is 32.9. The predicted molar refractivity (Wildman–Crippen MR) is 106 cm³/mol. The number of nitrogens with zero attached hydrogens (tertiary/aromatic N) is 2. The number of hydrogen-bond donors (Lipinski definition) is 1. The van der Waals surface area contributed by atoms with Crippen LogP contribution in [0.15, 0.2) is 35.5 Å². The van der Waals surface area contributed by atoms with Crippen LogP contribution in [0.2, 0.25) is 0 Å². The maximum absolute atomic E-state index is 14.3. The van der Waals surface area contributed by atoms with Crippen LogP contribution in [0.1, 0.15) is 25.7 Å². The third kappa shape index (κ3) is 4.58. The van der Waals surface area contributed by atoms with Gasteiger partial charge in [-0.1, -0.05) is 6.42 Å². The number of hydrogen-bond acceptors (Lipinski definition) is 5. The summed E-state index contributed by atoms with van der Waals surface area (Å²) in [5.74, 6) is -1.10. The molecule has 3 rings (SSSR count). The van der Waals surface area contributed by atoms with E-state index in [0.717, 1.165) is 25.5 Å². The number of thiocarbonyl (C=S) groups is 1. The van der Waals surface area contributed by atoms with Crippen LogP contribution in [0.5, 0.6) is 5.75 Å². The van der Waals surface area contributed by atoms with Gasteiger partial charge in [0.2, 0.25) is 5.91 Å². The SMILES string of the molecule is COc1cc(F)ccc1-c1cc(NC(=O)[C@H]2CCC[C@H](N=C=S)C2)ncc1F. The molecule has 0 aliphatic heterocycles. The highest BCUT2D eigenvalue weighted by Crippen LogP contribution is 2.34. The number of anilines is 1. The van der Waals surface area contributed by atoms with Crippen molar-refractivity contribution < 1.29 is 18.3 Å². The van der Waals surface area contributed by atoms with Crippen LogP contribution in [0, 0.1) is 17.6 Å². The molecule has 28 heavy (non-hydrogen) atoms. The zero-order valence-electron chi connectivity index (χ0n) is 15.2. The standard InChI is InChI=1S/C20H19F2N3O2S/c1-27-18-8-13(21)5-6-15(18)16-9-19(23-10-17(16)22)25-20(26)12-3-2-4-14(7-12)24-11-28/h5-6,8-10,12,14H,2-4,7H2,1H3,(H,23,25,26)/t12-,14-/m0/s1. The fourth-order valence-corrected chi connectivity index (χ4v) is 3.57. The summed E-state index contributed by atoms with van der Waals surface area (Å²) in [5.41, 5.74) is 0.529. The van der Waals surface area contributed by atoms with Gasteiger partial charge in [0.1, 0.15) is 23.2 Å². The zero-order chi connectivity index (χ0) is 20.1. The number of halogens is 2. The van der Waals surface area contributed by atoms with E-state index >= 15 is 0 Å². The van der Waals surface area contributed by atoms with Crippen molar-refractivity contribution in [3.05, 3.63) is 42.1 Å². The van der Waals surface area contributed by atoms with Crippen molar-refractivity contribution in [1.29, 1.82) is 0 Å². The maximum atomic E-state index is 14.3. The monoisotopic (exact) mass is 403 g/mol. The molecular weight excluding hydrogens is 384 g/mol. The van der Waals surface area contributed by atoms with Crippen LogP contribution in [-0.4, -0.2) is 29.2 Å². The quantitative estimate of drug-likeness (QED) is 0.584. The Bertz CT molecular complexity index is 932. The van der Waals surface area contributed by atoms with Crippen LogP contribution in [0.3, 0.4) is 0 Å². The molecule has 146 valence electrons. The Balaban J connectivity index is 1.82. The Labute approximate surface area is 166 Å². The van der Waals surface area contributed by atoms with Gasteiger partial charge in [0.15, 0.2) is 0 Å². The highest BCUT2D eigenvalue weighted by Gasteiger charge is 2.27. The number of pyridine rings is 1. The Morgan fingerprint density at radius 1 is 1.32 bits per heavy atom. The summed E-state index contributed by atoms with van der Waals surface area (Å²) >= 11 is 4.65. The first-order valence-electron chi connectivity index (χ1n) is 8.89. The lowest BCUT2D eigenvalue weighted by atomic mass is 9.85. The van der Waals surface area contributed by atoms with E-state index in [1.54, 1.807) is 0 Å². The molecule has 1 fully saturated rings. The van der Waals surface area contributed by atoms with Gasteiger partial charge in [0.25, 0.3) is 0 Å². The average Bonchev–Trinajstić information content (AvgIpc) is 2.70. The number of benzene rings is 1. The molecule has 2 atom stereocenters. The predicted octanol–water partition coefficient (Wildman–Crippen LogP) is 4.64. The number of amides is 1. The number of isothiocyanates is 1. The van der Waals surface area contributed by atoms with Crippen molar-refractivity contribution in [2.24, 2.45) is 10.9 Å². The minimum Gasteiger partial charge on any atom is -0.496 e. The number of aliphatic imine (C=N–C) groups is 1. The van der Waals surface area contributed by atoms with Crippen molar-refractivity contribution in [3.8, 4) is 16.9 Å².